The van der Waals surface area contributed by atoms with Crippen molar-refractivity contribution in [3.05, 3.63) is 39.9 Å². The van der Waals surface area contributed by atoms with Crippen molar-refractivity contribution < 1.29 is 18.3 Å². The zero-order valence-corrected chi connectivity index (χ0v) is 12.7. The van der Waals surface area contributed by atoms with Crippen molar-refractivity contribution in [2.75, 3.05) is 14.2 Å². The first-order valence-electron chi connectivity index (χ1n) is 6.22. The fourth-order valence-corrected chi connectivity index (χ4v) is 2.01. The maximum Gasteiger partial charge on any atom is 0.299 e. The maximum absolute atomic E-state index is 12.8. The van der Waals surface area contributed by atoms with Gasteiger partial charge in [0.15, 0.2) is 0 Å². The molecule has 6 nitrogen and oxygen atoms in total. The van der Waals surface area contributed by atoms with Crippen LogP contribution in [0.1, 0.15) is 23.4 Å². The third-order valence-corrected chi connectivity index (χ3v) is 3.06. The van der Waals surface area contributed by atoms with Crippen molar-refractivity contribution in [1.82, 2.24) is 14.9 Å². The molecule has 0 saturated heterocycles. The van der Waals surface area contributed by atoms with E-state index in [0.29, 0.717) is 17.9 Å². The lowest BCUT2D eigenvalue weighted by atomic mass is 10.1. The van der Waals surface area contributed by atoms with Crippen LogP contribution < -0.4 is 4.74 Å². The zero-order valence-electron chi connectivity index (χ0n) is 11.9. The van der Waals surface area contributed by atoms with Crippen LogP contribution in [-0.4, -0.2) is 35.3 Å². The van der Waals surface area contributed by atoms with Gasteiger partial charge in [-0.3, -0.25) is 0 Å². The van der Waals surface area contributed by atoms with Crippen LogP contribution in [0.2, 0.25) is 0 Å². The summed E-state index contributed by atoms with van der Waals surface area (Å²) in [6.45, 7) is 0.359. The summed E-state index contributed by atoms with van der Waals surface area (Å²) in [4.78, 5) is 0. The molecular formula is C13H14F2N4O2S. The number of benzene rings is 1. The Morgan fingerprint density at radius 2 is 2.23 bits per heavy atom. The minimum absolute atomic E-state index is 0.00261. The number of alkyl halides is 2. The van der Waals surface area contributed by atoms with Gasteiger partial charge in [0.25, 0.3) is 6.43 Å². The molecule has 0 unspecified atom stereocenters. The van der Waals surface area contributed by atoms with Crippen molar-refractivity contribution in [2.24, 2.45) is 5.10 Å². The monoisotopic (exact) mass is 328 g/mol. The molecule has 0 saturated carbocycles. The van der Waals surface area contributed by atoms with Crippen molar-refractivity contribution >= 4 is 18.4 Å². The van der Waals surface area contributed by atoms with Crippen molar-refractivity contribution in [2.45, 2.75) is 13.0 Å². The molecule has 2 aromatic rings. The first-order valence-corrected chi connectivity index (χ1v) is 6.63. The van der Waals surface area contributed by atoms with Gasteiger partial charge in [0.05, 0.1) is 19.9 Å². The van der Waals surface area contributed by atoms with E-state index < -0.39 is 12.2 Å². The lowest BCUT2D eigenvalue weighted by Gasteiger charge is -2.08. The highest BCUT2D eigenvalue weighted by atomic mass is 32.1. The third kappa shape index (κ3) is 3.55. The lowest BCUT2D eigenvalue weighted by molar-refractivity contribution is 0.136. The molecule has 1 heterocycles. The molecule has 0 bridgehead atoms. The Kier molecular flexibility index (Phi) is 5.34. The molecule has 0 radical (unpaired) electrons. The average molecular weight is 328 g/mol. The highest BCUT2D eigenvalue weighted by Gasteiger charge is 2.15. The standard InChI is InChI=1S/C13H14F2N4O2S/c1-20-7-9-5-8(3-4-10(9)21-2)6-16-19-12(11(14)15)17-18-13(19)22/h3-6,11H,7H2,1-2H3,(H,18,22)/b16-6+. The number of methoxy groups -OCH3 is 2. The van der Waals surface area contributed by atoms with Gasteiger partial charge in [-0.2, -0.15) is 14.9 Å². The Labute approximate surface area is 130 Å². The zero-order chi connectivity index (χ0) is 16.1. The van der Waals surface area contributed by atoms with Crippen LogP contribution in [0, 0.1) is 4.77 Å². The molecule has 0 atom stereocenters. The van der Waals surface area contributed by atoms with E-state index in [1.54, 1.807) is 32.4 Å². The van der Waals surface area contributed by atoms with E-state index in [0.717, 1.165) is 10.2 Å². The molecule has 0 fully saturated rings. The minimum atomic E-state index is -2.77. The molecule has 0 spiro atoms. The van der Waals surface area contributed by atoms with E-state index in [4.69, 9.17) is 21.7 Å². The summed E-state index contributed by atoms with van der Waals surface area (Å²) in [5.41, 5.74) is 1.51. The Morgan fingerprint density at radius 3 is 2.86 bits per heavy atom. The van der Waals surface area contributed by atoms with Gasteiger partial charge < -0.3 is 9.47 Å². The van der Waals surface area contributed by atoms with E-state index in [1.165, 1.54) is 6.21 Å². The Morgan fingerprint density at radius 1 is 1.45 bits per heavy atom. The quantitative estimate of drug-likeness (QED) is 0.654. The molecule has 118 valence electrons. The lowest BCUT2D eigenvalue weighted by Crippen LogP contribution is -2.00. The van der Waals surface area contributed by atoms with Crippen LogP contribution in [0.4, 0.5) is 8.78 Å². The number of aromatic amines is 1. The number of halogens is 2. The first kappa shape index (κ1) is 16.2. The molecule has 2 rings (SSSR count). The van der Waals surface area contributed by atoms with Crippen LogP contribution in [0.5, 0.6) is 5.75 Å². The summed E-state index contributed by atoms with van der Waals surface area (Å²) in [5.74, 6) is 0.138. The normalized spacial score (nSPS) is 11.5. The highest BCUT2D eigenvalue weighted by Crippen LogP contribution is 2.20. The Balaban J connectivity index is 2.33. The molecule has 0 aliphatic rings. The summed E-state index contributed by atoms with van der Waals surface area (Å²) in [7, 11) is 3.13. The van der Waals surface area contributed by atoms with Crippen LogP contribution in [0.3, 0.4) is 0 Å². The van der Waals surface area contributed by atoms with E-state index in [1.807, 2.05) is 0 Å². The summed E-state index contributed by atoms with van der Waals surface area (Å²) >= 11 is 4.87. The average Bonchev–Trinajstić information content (AvgIpc) is 2.87. The smallest absolute Gasteiger partial charge is 0.299 e. The number of ether oxygens (including phenoxy) is 2. The predicted molar refractivity (Wildman–Crippen MR) is 79.1 cm³/mol. The van der Waals surface area contributed by atoms with Crippen LogP contribution >= 0.6 is 12.2 Å². The van der Waals surface area contributed by atoms with Gasteiger partial charge in [0, 0.05) is 12.7 Å². The molecule has 0 amide bonds. The van der Waals surface area contributed by atoms with Gasteiger partial charge in [0.2, 0.25) is 10.6 Å². The van der Waals surface area contributed by atoms with Crippen LogP contribution in [0.15, 0.2) is 23.3 Å². The number of rotatable bonds is 6. The largest absolute Gasteiger partial charge is 0.496 e. The first-order chi connectivity index (χ1) is 10.6. The number of aromatic nitrogens is 3. The summed E-state index contributed by atoms with van der Waals surface area (Å²) < 4.78 is 36.7. The topological polar surface area (TPSA) is 64.4 Å². The number of nitrogens with one attached hydrogen (secondary N) is 1. The Bertz CT molecular complexity index is 727. The van der Waals surface area contributed by atoms with Gasteiger partial charge in [-0.15, -0.1) is 0 Å². The van der Waals surface area contributed by atoms with Gasteiger partial charge >= 0.3 is 0 Å². The third-order valence-electron chi connectivity index (χ3n) is 2.80. The Hall–Kier alpha value is -2.13. The molecule has 9 heteroatoms. The molecule has 22 heavy (non-hydrogen) atoms. The molecule has 1 aromatic carbocycles. The van der Waals surface area contributed by atoms with E-state index in [2.05, 4.69) is 15.3 Å². The number of hydrogen-bond acceptors (Lipinski definition) is 5. The highest BCUT2D eigenvalue weighted by molar-refractivity contribution is 7.71. The predicted octanol–water partition coefficient (Wildman–Crippen LogP) is 2.92. The second kappa shape index (κ2) is 7.23. The van der Waals surface area contributed by atoms with E-state index >= 15 is 0 Å². The van der Waals surface area contributed by atoms with E-state index in [-0.39, 0.29) is 4.77 Å². The molecule has 0 aliphatic heterocycles. The van der Waals surface area contributed by atoms with Crippen molar-refractivity contribution in [3.63, 3.8) is 0 Å². The minimum Gasteiger partial charge on any atom is -0.496 e. The second-order valence-electron chi connectivity index (χ2n) is 4.25. The van der Waals surface area contributed by atoms with Crippen LogP contribution in [-0.2, 0) is 11.3 Å². The van der Waals surface area contributed by atoms with E-state index in [9.17, 15) is 8.78 Å². The SMILES string of the molecule is COCc1cc(/C=N/n2c(C(F)F)n[nH]c2=S)ccc1OC. The number of hydrogen-bond donors (Lipinski definition) is 1. The van der Waals surface area contributed by atoms with Crippen molar-refractivity contribution in [1.29, 1.82) is 0 Å². The molecular weight excluding hydrogens is 314 g/mol. The van der Waals surface area contributed by atoms with Gasteiger partial charge in [-0.05, 0) is 36.0 Å². The van der Waals surface area contributed by atoms with Gasteiger partial charge in [-0.1, -0.05) is 0 Å². The summed E-state index contributed by atoms with van der Waals surface area (Å²) in [6, 6.07) is 5.28. The maximum atomic E-state index is 12.8. The fourth-order valence-electron chi connectivity index (χ4n) is 1.83. The summed E-state index contributed by atoms with van der Waals surface area (Å²) in [6.07, 6.45) is -1.36. The molecule has 0 aliphatic carbocycles. The molecule has 1 aromatic heterocycles. The van der Waals surface area contributed by atoms with Gasteiger partial charge in [0.1, 0.15) is 5.75 Å². The number of nitrogens with zero attached hydrogens (tertiary/aromatic N) is 3. The van der Waals surface area contributed by atoms with Crippen LogP contribution in [0.25, 0.3) is 0 Å². The summed E-state index contributed by atoms with van der Waals surface area (Å²) in [5, 5.41) is 9.68. The molecule has 1 N–H and O–H groups in total. The van der Waals surface area contributed by atoms with Crippen molar-refractivity contribution in [3.8, 4) is 5.75 Å². The fraction of sp³-hybridized carbons (Fsp3) is 0.308. The number of H-pyrrole nitrogens is 1. The van der Waals surface area contributed by atoms with Gasteiger partial charge in [-0.25, -0.2) is 13.9 Å². The second-order valence-corrected chi connectivity index (χ2v) is 4.64.